The number of ether oxygens (including phenoxy) is 1. The second-order valence-electron chi connectivity index (χ2n) is 6.12. The predicted octanol–water partition coefficient (Wildman–Crippen LogP) is 3.76. The molecule has 10 heteroatoms. The number of hydrogen-bond donors (Lipinski definition) is 2. The summed E-state index contributed by atoms with van der Waals surface area (Å²) < 4.78 is 37.6. The highest BCUT2D eigenvalue weighted by atomic mass is 35.5. The first-order chi connectivity index (χ1) is 13.8. The first kappa shape index (κ1) is 20.7. The van der Waals surface area contributed by atoms with E-state index < -0.39 is 15.9 Å². The Balaban J connectivity index is 1.61. The second kappa shape index (κ2) is 8.54. The molecule has 0 saturated carbocycles. The fourth-order valence-electron chi connectivity index (χ4n) is 2.31. The van der Waals surface area contributed by atoms with Crippen molar-refractivity contribution in [2.24, 2.45) is 0 Å². The highest BCUT2D eigenvalue weighted by Gasteiger charge is 2.19. The van der Waals surface area contributed by atoms with Crippen LogP contribution in [0.4, 0.5) is 11.6 Å². The average Bonchev–Trinajstić information content (AvgIpc) is 2.99. The fourth-order valence-corrected chi connectivity index (χ4v) is 3.55. The summed E-state index contributed by atoms with van der Waals surface area (Å²) >= 11 is 5.97. The Hall–Kier alpha value is -3.04. The number of amides is 1. The topological polar surface area (TPSA) is 111 Å². The summed E-state index contributed by atoms with van der Waals surface area (Å²) in [4.78, 5) is 12.0. The van der Waals surface area contributed by atoms with E-state index in [0.717, 1.165) is 0 Å². The maximum absolute atomic E-state index is 12.5. The monoisotopic (exact) mass is 435 g/mol. The molecule has 0 spiro atoms. The summed E-state index contributed by atoms with van der Waals surface area (Å²) in [6.45, 7) is 3.17. The standard InChI is InChI=1S/C19H18ClN3O5S/c1-12-13(2)22-28-19(12)23-29(25,26)15-9-7-14(8-10-15)21-18(24)11-27-17-6-4-3-5-16(17)20/h3-10,23H,11H2,1-2H3,(H,21,24). The van der Waals surface area contributed by atoms with E-state index in [1.807, 2.05) is 0 Å². The molecule has 2 N–H and O–H groups in total. The third-order valence-electron chi connectivity index (χ3n) is 4.03. The quantitative estimate of drug-likeness (QED) is 0.584. The molecule has 1 heterocycles. The number of halogens is 1. The molecule has 0 fully saturated rings. The van der Waals surface area contributed by atoms with E-state index in [4.69, 9.17) is 20.9 Å². The summed E-state index contributed by atoms with van der Waals surface area (Å²) in [5.74, 6) is 0.0535. The summed E-state index contributed by atoms with van der Waals surface area (Å²) in [5, 5.41) is 6.74. The first-order valence-corrected chi connectivity index (χ1v) is 10.4. The number of para-hydroxylation sites is 1. The molecule has 29 heavy (non-hydrogen) atoms. The van der Waals surface area contributed by atoms with Crippen molar-refractivity contribution in [1.82, 2.24) is 5.16 Å². The molecule has 152 valence electrons. The Labute approximate surface area is 172 Å². The Morgan fingerprint density at radius 1 is 1.14 bits per heavy atom. The van der Waals surface area contributed by atoms with Gasteiger partial charge in [-0.3, -0.25) is 4.79 Å². The number of aryl methyl sites for hydroxylation is 1. The molecule has 3 aromatic rings. The molecule has 1 amide bonds. The molecular weight excluding hydrogens is 418 g/mol. The molecule has 0 aliphatic heterocycles. The van der Waals surface area contributed by atoms with Crippen LogP contribution in [-0.2, 0) is 14.8 Å². The van der Waals surface area contributed by atoms with E-state index in [0.29, 0.717) is 27.7 Å². The van der Waals surface area contributed by atoms with Gasteiger partial charge in [-0.1, -0.05) is 28.9 Å². The zero-order chi connectivity index (χ0) is 21.0. The van der Waals surface area contributed by atoms with Gasteiger partial charge in [-0.05, 0) is 50.2 Å². The van der Waals surface area contributed by atoms with Gasteiger partial charge in [0.05, 0.1) is 15.6 Å². The third-order valence-corrected chi connectivity index (χ3v) is 5.69. The van der Waals surface area contributed by atoms with Crippen LogP contribution < -0.4 is 14.8 Å². The lowest BCUT2D eigenvalue weighted by molar-refractivity contribution is -0.118. The maximum Gasteiger partial charge on any atom is 0.264 e. The van der Waals surface area contributed by atoms with E-state index in [-0.39, 0.29) is 17.4 Å². The van der Waals surface area contributed by atoms with Crippen molar-refractivity contribution < 1.29 is 22.5 Å². The molecule has 0 unspecified atom stereocenters. The zero-order valence-corrected chi connectivity index (χ0v) is 17.2. The van der Waals surface area contributed by atoms with Crippen LogP contribution in [0.2, 0.25) is 5.02 Å². The van der Waals surface area contributed by atoms with Crippen LogP contribution in [0.5, 0.6) is 5.75 Å². The van der Waals surface area contributed by atoms with E-state index in [1.165, 1.54) is 24.3 Å². The molecule has 0 aliphatic rings. The Morgan fingerprint density at radius 2 is 1.83 bits per heavy atom. The van der Waals surface area contributed by atoms with Crippen LogP contribution in [0.1, 0.15) is 11.3 Å². The SMILES string of the molecule is Cc1noc(NS(=O)(=O)c2ccc(NC(=O)COc3ccccc3Cl)cc2)c1C. The van der Waals surface area contributed by atoms with Crippen LogP contribution in [0, 0.1) is 13.8 Å². The van der Waals surface area contributed by atoms with Crippen molar-refractivity contribution in [3.05, 3.63) is 64.8 Å². The van der Waals surface area contributed by atoms with E-state index in [1.54, 1.807) is 38.1 Å². The van der Waals surface area contributed by atoms with E-state index >= 15 is 0 Å². The summed E-state index contributed by atoms with van der Waals surface area (Å²) in [6.07, 6.45) is 0. The number of nitrogens with zero attached hydrogens (tertiary/aromatic N) is 1. The van der Waals surface area contributed by atoms with Crippen LogP contribution in [0.3, 0.4) is 0 Å². The number of carbonyl (C=O) groups excluding carboxylic acids is 1. The van der Waals surface area contributed by atoms with Gasteiger partial charge >= 0.3 is 0 Å². The number of carbonyl (C=O) groups is 1. The summed E-state index contributed by atoms with van der Waals surface area (Å²) in [5.41, 5.74) is 1.62. The molecule has 1 aromatic heterocycles. The number of aromatic nitrogens is 1. The van der Waals surface area contributed by atoms with E-state index in [9.17, 15) is 13.2 Å². The lowest BCUT2D eigenvalue weighted by Gasteiger charge is -2.10. The van der Waals surface area contributed by atoms with Gasteiger partial charge in [-0.2, -0.15) is 0 Å². The molecule has 2 aromatic carbocycles. The maximum atomic E-state index is 12.5. The number of benzene rings is 2. The van der Waals surface area contributed by atoms with Crippen molar-refractivity contribution in [2.75, 3.05) is 16.6 Å². The molecule has 0 saturated heterocycles. The van der Waals surface area contributed by atoms with Gasteiger partial charge in [0.15, 0.2) is 6.61 Å². The summed E-state index contributed by atoms with van der Waals surface area (Å²) in [7, 11) is -3.85. The minimum absolute atomic E-state index is 0.0104. The van der Waals surface area contributed by atoms with E-state index in [2.05, 4.69) is 15.2 Å². The third kappa shape index (κ3) is 5.07. The van der Waals surface area contributed by atoms with Gasteiger partial charge in [0.25, 0.3) is 15.9 Å². The van der Waals surface area contributed by atoms with Crippen molar-refractivity contribution in [3.8, 4) is 5.75 Å². The molecule has 0 aliphatic carbocycles. The second-order valence-corrected chi connectivity index (χ2v) is 8.21. The largest absolute Gasteiger partial charge is 0.482 e. The van der Waals surface area contributed by atoms with Gasteiger partial charge in [-0.15, -0.1) is 0 Å². The minimum Gasteiger partial charge on any atom is -0.482 e. The smallest absolute Gasteiger partial charge is 0.264 e. The van der Waals surface area contributed by atoms with Crippen LogP contribution in [0.25, 0.3) is 0 Å². The molecule has 8 nitrogen and oxygen atoms in total. The number of rotatable bonds is 7. The van der Waals surface area contributed by atoms with Crippen LogP contribution in [0.15, 0.2) is 57.9 Å². The van der Waals surface area contributed by atoms with Gasteiger partial charge < -0.3 is 14.6 Å². The Morgan fingerprint density at radius 3 is 2.45 bits per heavy atom. The minimum atomic E-state index is -3.85. The van der Waals surface area contributed by atoms with Crippen molar-refractivity contribution >= 4 is 39.1 Å². The first-order valence-electron chi connectivity index (χ1n) is 8.49. The number of anilines is 2. The van der Waals surface area contributed by atoms with Crippen molar-refractivity contribution in [1.29, 1.82) is 0 Å². The van der Waals surface area contributed by atoms with Gasteiger partial charge in [0, 0.05) is 11.3 Å². The predicted molar refractivity (Wildman–Crippen MR) is 109 cm³/mol. The number of hydrogen-bond acceptors (Lipinski definition) is 6. The van der Waals surface area contributed by atoms with Gasteiger partial charge in [0.2, 0.25) is 5.88 Å². The molecular formula is C19H18ClN3O5S. The van der Waals surface area contributed by atoms with Gasteiger partial charge in [-0.25, -0.2) is 13.1 Å². The molecule has 0 bridgehead atoms. The zero-order valence-electron chi connectivity index (χ0n) is 15.6. The van der Waals surface area contributed by atoms with Crippen LogP contribution in [-0.4, -0.2) is 26.1 Å². The Bertz CT molecular complexity index is 1130. The molecule has 0 atom stereocenters. The molecule has 3 rings (SSSR count). The normalized spacial score (nSPS) is 11.1. The van der Waals surface area contributed by atoms with Crippen molar-refractivity contribution in [3.63, 3.8) is 0 Å². The highest BCUT2D eigenvalue weighted by Crippen LogP contribution is 2.24. The average molecular weight is 436 g/mol. The van der Waals surface area contributed by atoms with Crippen molar-refractivity contribution in [2.45, 2.75) is 18.7 Å². The lowest BCUT2D eigenvalue weighted by Crippen LogP contribution is -2.20. The fraction of sp³-hybridized carbons (Fsp3) is 0.158. The van der Waals surface area contributed by atoms with Gasteiger partial charge in [0.1, 0.15) is 5.75 Å². The Kier molecular flexibility index (Phi) is 6.09. The molecule has 0 radical (unpaired) electrons. The number of sulfonamides is 1. The highest BCUT2D eigenvalue weighted by molar-refractivity contribution is 7.92. The summed E-state index contributed by atoms with van der Waals surface area (Å²) in [6, 6.07) is 12.5. The van der Waals surface area contributed by atoms with Crippen LogP contribution >= 0.6 is 11.6 Å². The number of nitrogens with one attached hydrogen (secondary N) is 2. The lowest BCUT2D eigenvalue weighted by atomic mass is 10.3.